The van der Waals surface area contributed by atoms with Gasteiger partial charge in [0.2, 0.25) is 0 Å². The minimum Gasteiger partial charge on any atom is -0.336 e. The van der Waals surface area contributed by atoms with Crippen LogP contribution in [0.5, 0.6) is 0 Å². The molecule has 154 valence electrons. The van der Waals surface area contributed by atoms with Gasteiger partial charge in [-0.3, -0.25) is 13.9 Å². The van der Waals surface area contributed by atoms with Crippen molar-refractivity contribution in [2.75, 3.05) is 13.1 Å². The smallest absolute Gasteiger partial charge is 0.336 e. The maximum absolute atomic E-state index is 12.9. The normalized spacial score (nSPS) is 15.1. The summed E-state index contributed by atoms with van der Waals surface area (Å²) in [6, 6.07) is -0.723. The number of aryl methyl sites for hydroxylation is 2. The van der Waals surface area contributed by atoms with Gasteiger partial charge in [-0.15, -0.1) is 11.3 Å². The summed E-state index contributed by atoms with van der Waals surface area (Å²) in [7, 11) is 0. The molecule has 3 rings (SSSR count). The zero-order chi connectivity index (χ0) is 20.8. The summed E-state index contributed by atoms with van der Waals surface area (Å²) in [5.74, 6) is 0. The van der Waals surface area contributed by atoms with Crippen molar-refractivity contribution < 1.29 is 18.0 Å². The van der Waals surface area contributed by atoms with Crippen LogP contribution in [0.1, 0.15) is 36.8 Å². The lowest BCUT2D eigenvalue weighted by atomic mass is 10.2. The van der Waals surface area contributed by atoms with Gasteiger partial charge in [0.1, 0.15) is 4.83 Å². The number of rotatable bonds is 5. The van der Waals surface area contributed by atoms with Crippen molar-refractivity contribution in [3.05, 3.63) is 31.3 Å². The van der Waals surface area contributed by atoms with E-state index in [0.29, 0.717) is 23.5 Å². The molecule has 2 amide bonds. The summed E-state index contributed by atoms with van der Waals surface area (Å²) < 4.78 is 40.4. The van der Waals surface area contributed by atoms with Crippen LogP contribution in [0.15, 0.2) is 9.59 Å². The quantitative estimate of drug-likeness (QED) is 0.811. The summed E-state index contributed by atoms with van der Waals surface area (Å²) in [6.45, 7) is 5.68. The third kappa shape index (κ3) is 3.67. The summed E-state index contributed by atoms with van der Waals surface area (Å²) in [5.41, 5.74) is -0.660. The number of halogens is 3. The minimum absolute atomic E-state index is 0.225. The van der Waals surface area contributed by atoms with E-state index < -0.39 is 36.4 Å². The van der Waals surface area contributed by atoms with E-state index in [-0.39, 0.29) is 22.8 Å². The molecular formula is C17H21F3N4O3S. The van der Waals surface area contributed by atoms with Gasteiger partial charge >= 0.3 is 17.9 Å². The highest BCUT2D eigenvalue weighted by Gasteiger charge is 2.29. The zero-order valence-corrected chi connectivity index (χ0v) is 16.5. The van der Waals surface area contributed by atoms with Crippen molar-refractivity contribution in [3.63, 3.8) is 0 Å². The number of hydrogen-bond acceptors (Lipinski definition) is 4. The van der Waals surface area contributed by atoms with Crippen molar-refractivity contribution in [2.24, 2.45) is 0 Å². The Balaban J connectivity index is 2.19. The van der Waals surface area contributed by atoms with Crippen LogP contribution in [0.25, 0.3) is 10.2 Å². The van der Waals surface area contributed by atoms with E-state index >= 15 is 0 Å². The van der Waals surface area contributed by atoms with Gasteiger partial charge in [0.05, 0.1) is 18.4 Å². The van der Waals surface area contributed by atoms with E-state index in [4.69, 9.17) is 0 Å². The van der Waals surface area contributed by atoms with Crippen molar-refractivity contribution >= 4 is 27.6 Å². The molecule has 1 fully saturated rings. The molecule has 1 aliphatic heterocycles. The second-order valence-corrected chi connectivity index (χ2v) is 8.14. The standard InChI is InChI=1S/C17H21F3N4O3S/c1-9(2)24-13(25)12-10(3)11(8-22-7-5-21-15(22)26)28-14(12)23(16(24)27)6-4-17(18,19)20/h9H,4-8H2,1-3H3,(H,21,26). The monoisotopic (exact) mass is 418 g/mol. The van der Waals surface area contributed by atoms with Gasteiger partial charge < -0.3 is 10.2 Å². The first-order valence-electron chi connectivity index (χ1n) is 8.88. The molecule has 28 heavy (non-hydrogen) atoms. The molecule has 0 atom stereocenters. The fourth-order valence-corrected chi connectivity index (χ4v) is 4.62. The van der Waals surface area contributed by atoms with Crippen LogP contribution >= 0.6 is 11.3 Å². The lowest BCUT2D eigenvalue weighted by Gasteiger charge is -2.15. The van der Waals surface area contributed by atoms with Gasteiger partial charge in [0.25, 0.3) is 5.56 Å². The summed E-state index contributed by atoms with van der Waals surface area (Å²) in [5, 5.41) is 2.93. The molecule has 1 N–H and O–H groups in total. The van der Waals surface area contributed by atoms with Gasteiger partial charge in [0, 0.05) is 30.6 Å². The highest BCUT2D eigenvalue weighted by Crippen LogP contribution is 2.30. The fraction of sp³-hybridized carbons (Fsp3) is 0.588. The first-order chi connectivity index (χ1) is 13.0. The number of thiophene rings is 1. The Morgan fingerprint density at radius 2 is 1.89 bits per heavy atom. The fourth-order valence-electron chi connectivity index (χ4n) is 3.29. The minimum atomic E-state index is -4.42. The molecule has 0 aliphatic carbocycles. The highest BCUT2D eigenvalue weighted by atomic mass is 32.1. The van der Waals surface area contributed by atoms with Crippen molar-refractivity contribution in [3.8, 4) is 0 Å². The average molecular weight is 418 g/mol. The topological polar surface area (TPSA) is 76.3 Å². The van der Waals surface area contributed by atoms with Crippen LogP contribution < -0.4 is 16.6 Å². The first kappa shape index (κ1) is 20.4. The van der Waals surface area contributed by atoms with E-state index in [1.54, 1.807) is 25.7 Å². The Morgan fingerprint density at radius 1 is 1.21 bits per heavy atom. The Labute approximate surface area is 162 Å². The summed E-state index contributed by atoms with van der Waals surface area (Å²) >= 11 is 1.10. The van der Waals surface area contributed by atoms with E-state index in [1.807, 2.05) is 0 Å². The van der Waals surface area contributed by atoms with Crippen molar-refractivity contribution in [1.82, 2.24) is 19.4 Å². The summed E-state index contributed by atoms with van der Waals surface area (Å²) in [4.78, 5) is 40.0. The first-order valence-corrected chi connectivity index (χ1v) is 9.69. The Kier molecular flexibility index (Phi) is 5.30. The largest absolute Gasteiger partial charge is 0.390 e. The Morgan fingerprint density at radius 3 is 2.43 bits per heavy atom. The maximum atomic E-state index is 12.9. The molecule has 0 spiro atoms. The van der Waals surface area contributed by atoms with Crippen molar-refractivity contribution in [1.29, 1.82) is 0 Å². The molecule has 0 radical (unpaired) electrons. The predicted octanol–water partition coefficient (Wildman–Crippen LogP) is 2.59. The number of nitrogens with one attached hydrogen (secondary N) is 1. The number of alkyl halides is 3. The van der Waals surface area contributed by atoms with Gasteiger partial charge in [0.15, 0.2) is 0 Å². The predicted molar refractivity (Wildman–Crippen MR) is 99.9 cm³/mol. The number of fused-ring (bicyclic) bond motifs is 1. The molecule has 1 saturated heterocycles. The number of aromatic nitrogens is 2. The molecule has 0 unspecified atom stereocenters. The van der Waals surface area contributed by atoms with Crippen LogP contribution in [0, 0.1) is 6.92 Å². The molecule has 0 aromatic carbocycles. The molecule has 7 nitrogen and oxygen atoms in total. The molecule has 0 bridgehead atoms. The molecule has 0 saturated carbocycles. The third-order valence-electron chi connectivity index (χ3n) is 4.76. The van der Waals surface area contributed by atoms with Gasteiger partial charge in [-0.1, -0.05) is 0 Å². The van der Waals surface area contributed by atoms with Gasteiger partial charge in [-0.2, -0.15) is 13.2 Å². The number of nitrogens with zero attached hydrogens (tertiary/aromatic N) is 3. The molecule has 2 aromatic rings. The van der Waals surface area contributed by atoms with Crippen LogP contribution in [0.3, 0.4) is 0 Å². The molecule has 1 aliphatic rings. The Bertz CT molecular complexity index is 1040. The average Bonchev–Trinajstić information content (AvgIpc) is 3.10. The van der Waals surface area contributed by atoms with E-state index in [2.05, 4.69) is 5.32 Å². The number of hydrogen-bond donors (Lipinski definition) is 1. The number of urea groups is 1. The van der Waals surface area contributed by atoms with Crippen LogP contribution in [-0.4, -0.2) is 39.3 Å². The number of carbonyl (C=O) groups excluding carboxylic acids is 1. The van der Waals surface area contributed by atoms with Crippen molar-refractivity contribution in [2.45, 2.75) is 52.5 Å². The highest BCUT2D eigenvalue weighted by molar-refractivity contribution is 7.18. The second kappa shape index (κ2) is 7.26. The summed E-state index contributed by atoms with van der Waals surface area (Å²) in [6.07, 6.45) is -5.59. The van der Waals surface area contributed by atoms with E-state index in [0.717, 1.165) is 20.5 Å². The molecule has 2 aromatic heterocycles. The number of amides is 2. The van der Waals surface area contributed by atoms with E-state index in [9.17, 15) is 27.6 Å². The molecule has 11 heteroatoms. The van der Waals surface area contributed by atoms with E-state index in [1.165, 1.54) is 0 Å². The lowest BCUT2D eigenvalue weighted by molar-refractivity contribution is -0.136. The van der Waals surface area contributed by atoms with Crippen LogP contribution in [0.2, 0.25) is 0 Å². The SMILES string of the molecule is Cc1c(CN2CCNC2=O)sc2c1c(=O)n(C(C)C)c(=O)n2CCC(F)(F)F. The maximum Gasteiger partial charge on any atom is 0.390 e. The second-order valence-electron chi connectivity index (χ2n) is 7.05. The van der Waals surface area contributed by atoms with Gasteiger partial charge in [-0.05, 0) is 26.3 Å². The lowest BCUT2D eigenvalue weighted by Crippen LogP contribution is -2.41. The third-order valence-corrected chi connectivity index (χ3v) is 6.06. The van der Waals surface area contributed by atoms with Crippen LogP contribution in [-0.2, 0) is 13.1 Å². The molecule has 3 heterocycles. The Hall–Kier alpha value is -2.30. The van der Waals surface area contributed by atoms with Gasteiger partial charge in [-0.25, -0.2) is 9.59 Å². The number of carbonyl (C=O) groups is 1. The van der Waals surface area contributed by atoms with Crippen LogP contribution in [0.4, 0.5) is 18.0 Å². The molecular weight excluding hydrogens is 397 g/mol. The zero-order valence-electron chi connectivity index (χ0n) is 15.7.